The maximum Gasteiger partial charge on any atom is 0.161 e. The van der Waals surface area contributed by atoms with Crippen molar-refractivity contribution in [1.82, 2.24) is 0 Å². The van der Waals surface area contributed by atoms with Gasteiger partial charge >= 0.3 is 0 Å². The Bertz CT molecular complexity index is 312. The van der Waals surface area contributed by atoms with E-state index in [-0.39, 0.29) is 6.10 Å². The molecule has 2 N–H and O–H groups in total. The zero-order valence-corrected chi connectivity index (χ0v) is 9.62. The molecule has 1 aromatic rings. The van der Waals surface area contributed by atoms with Gasteiger partial charge in [-0.1, -0.05) is 13.0 Å². The third kappa shape index (κ3) is 3.13. The van der Waals surface area contributed by atoms with Gasteiger partial charge in [-0.3, -0.25) is 0 Å². The normalized spacial score (nSPS) is 12.3. The van der Waals surface area contributed by atoms with Gasteiger partial charge in [-0.05, 0) is 31.0 Å². The topological polar surface area (TPSA) is 44.5 Å². The first-order valence-corrected chi connectivity index (χ1v) is 5.24. The summed E-state index contributed by atoms with van der Waals surface area (Å²) < 4.78 is 11.0. The van der Waals surface area contributed by atoms with E-state index in [4.69, 9.17) is 15.2 Å². The minimum atomic E-state index is 0.197. The molecule has 0 bridgehead atoms. The van der Waals surface area contributed by atoms with Crippen molar-refractivity contribution in [2.24, 2.45) is 5.73 Å². The summed E-state index contributed by atoms with van der Waals surface area (Å²) in [4.78, 5) is 0. The Kier molecular flexibility index (Phi) is 4.43. The minimum Gasteiger partial charge on any atom is -0.493 e. The first kappa shape index (κ1) is 11.9. The molecule has 0 spiro atoms. The molecule has 0 aliphatic rings. The van der Waals surface area contributed by atoms with Crippen molar-refractivity contribution in [3.05, 3.63) is 23.8 Å². The lowest BCUT2D eigenvalue weighted by Gasteiger charge is -2.15. The fourth-order valence-corrected chi connectivity index (χ4v) is 1.24. The van der Waals surface area contributed by atoms with Gasteiger partial charge in [-0.15, -0.1) is 0 Å². The predicted octanol–water partition coefficient (Wildman–Crippen LogP) is 2.33. The molecule has 1 atom stereocenters. The Balaban J connectivity index is 2.87. The van der Waals surface area contributed by atoms with Crippen molar-refractivity contribution in [3.63, 3.8) is 0 Å². The zero-order chi connectivity index (χ0) is 11.3. The molecular weight excluding hydrogens is 190 g/mol. The molecule has 0 heterocycles. The van der Waals surface area contributed by atoms with Crippen LogP contribution in [0.15, 0.2) is 18.2 Å². The number of benzene rings is 1. The van der Waals surface area contributed by atoms with Crippen LogP contribution in [0.5, 0.6) is 11.5 Å². The van der Waals surface area contributed by atoms with Crippen molar-refractivity contribution in [3.8, 4) is 11.5 Å². The van der Waals surface area contributed by atoms with E-state index in [9.17, 15) is 0 Å². The minimum absolute atomic E-state index is 0.197. The monoisotopic (exact) mass is 209 g/mol. The summed E-state index contributed by atoms with van der Waals surface area (Å²) in [5.41, 5.74) is 6.60. The molecule has 0 fully saturated rings. The van der Waals surface area contributed by atoms with Crippen LogP contribution in [0.3, 0.4) is 0 Å². The summed E-state index contributed by atoms with van der Waals surface area (Å²) in [7, 11) is 1.64. The second-order valence-corrected chi connectivity index (χ2v) is 3.53. The lowest BCUT2D eigenvalue weighted by molar-refractivity contribution is 0.207. The molecular formula is C12H19NO2. The van der Waals surface area contributed by atoms with Crippen LogP contribution in [-0.4, -0.2) is 13.2 Å². The Hall–Kier alpha value is -1.22. The maximum absolute atomic E-state index is 5.72. The SMILES string of the molecule is CC[C@H](C)Oc1ccc(CN)cc1OC. The second kappa shape index (κ2) is 5.61. The number of hydrogen-bond acceptors (Lipinski definition) is 3. The van der Waals surface area contributed by atoms with Crippen molar-refractivity contribution < 1.29 is 9.47 Å². The average Bonchev–Trinajstić information content (AvgIpc) is 2.29. The van der Waals surface area contributed by atoms with E-state index >= 15 is 0 Å². The fraction of sp³-hybridized carbons (Fsp3) is 0.500. The molecule has 0 radical (unpaired) electrons. The summed E-state index contributed by atoms with van der Waals surface area (Å²) in [6.07, 6.45) is 1.17. The van der Waals surface area contributed by atoms with Gasteiger partial charge in [0.2, 0.25) is 0 Å². The Morgan fingerprint density at radius 3 is 2.60 bits per heavy atom. The molecule has 1 aromatic carbocycles. The van der Waals surface area contributed by atoms with Crippen LogP contribution < -0.4 is 15.2 Å². The van der Waals surface area contributed by atoms with Gasteiger partial charge in [0.05, 0.1) is 13.2 Å². The van der Waals surface area contributed by atoms with Gasteiger partial charge in [0.1, 0.15) is 0 Å². The highest BCUT2D eigenvalue weighted by molar-refractivity contribution is 5.43. The van der Waals surface area contributed by atoms with Gasteiger partial charge in [0.25, 0.3) is 0 Å². The highest BCUT2D eigenvalue weighted by atomic mass is 16.5. The van der Waals surface area contributed by atoms with Gasteiger partial charge in [0.15, 0.2) is 11.5 Å². The van der Waals surface area contributed by atoms with Crippen LogP contribution in [0.4, 0.5) is 0 Å². The smallest absolute Gasteiger partial charge is 0.161 e. The van der Waals surface area contributed by atoms with Gasteiger partial charge in [0, 0.05) is 6.54 Å². The van der Waals surface area contributed by atoms with Crippen LogP contribution in [0, 0.1) is 0 Å². The molecule has 0 aliphatic carbocycles. The molecule has 15 heavy (non-hydrogen) atoms. The number of hydrogen-bond donors (Lipinski definition) is 1. The van der Waals surface area contributed by atoms with Crippen LogP contribution in [-0.2, 0) is 6.54 Å². The molecule has 0 aliphatic heterocycles. The second-order valence-electron chi connectivity index (χ2n) is 3.53. The van der Waals surface area contributed by atoms with Gasteiger partial charge in [-0.2, -0.15) is 0 Å². The molecule has 0 amide bonds. The van der Waals surface area contributed by atoms with Crippen LogP contribution in [0.2, 0.25) is 0 Å². The molecule has 0 saturated carbocycles. The van der Waals surface area contributed by atoms with E-state index in [0.29, 0.717) is 6.54 Å². The van der Waals surface area contributed by atoms with Crippen molar-refractivity contribution in [2.45, 2.75) is 32.9 Å². The maximum atomic E-state index is 5.72. The molecule has 0 saturated heterocycles. The lowest BCUT2D eigenvalue weighted by Crippen LogP contribution is -2.10. The molecule has 0 aromatic heterocycles. The van der Waals surface area contributed by atoms with Crippen LogP contribution >= 0.6 is 0 Å². The van der Waals surface area contributed by atoms with Crippen molar-refractivity contribution >= 4 is 0 Å². The van der Waals surface area contributed by atoms with Gasteiger partial charge in [-0.25, -0.2) is 0 Å². The first-order chi connectivity index (χ1) is 7.21. The number of methoxy groups -OCH3 is 1. The summed E-state index contributed by atoms with van der Waals surface area (Å²) in [6.45, 7) is 4.64. The summed E-state index contributed by atoms with van der Waals surface area (Å²) in [5.74, 6) is 1.53. The van der Waals surface area contributed by atoms with E-state index in [1.807, 2.05) is 25.1 Å². The lowest BCUT2D eigenvalue weighted by atomic mass is 10.2. The largest absolute Gasteiger partial charge is 0.493 e. The zero-order valence-electron chi connectivity index (χ0n) is 9.62. The van der Waals surface area contributed by atoms with Crippen LogP contribution in [0.1, 0.15) is 25.8 Å². The van der Waals surface area contributed by atoms with E-state index in [0.717, 1.165) is 23.5 Å². The first-order valence-electron chi connectivity index (χ1n) is 5.24. The van der Waals surface area contributed by atoms with Crippen molar-refractivity contribution in [2.75, 3.05) is 7.11 Å². The quantitative estimate of drug-likeness (QED) is 0.809. The predicted molar refractivity (Wildman–Crippen MR) is 61.3 cm³/mol. The van der Waals surface area contributed by atoms with Crippen molar-refractivity contribution in [1.29, 1.82) is 0 Å². The molecule has 84 valence electrons. The summed E-state index contributed by atoms with van der Waals surface area (Å²) in [6, 6.07) is 5.78. The Morgan fingerprint density at radius 1 is 1.33 bits per heavy atom. The van der Waals surface area contributed by atoms with E-state index in [2.05, 4.69) is 6.92 Å². The molecule has 3 heteroatoms. The number of rotatable bonds is 5. The Morgan fingerprint density at radius 2 is 2.07 bits per heavy atom. The summed E-state index contributed by atoms with van der Waals surface area (Å²) in [5, 5.41) is 0. The number of nitrogens with two attached hydrogens (primary N) is 1. The van der Waals surface area contributed by atoms with E-state index < -0.39 is 0 Å². The third-order valence-electron chi connectivity index (χ3n) is 2.37. The standard InChI is InChI=1S/C12H19NO2/c1-4-9(2)15-11-6-5-10(8-13)7-12(11)14-3/h5-7,9H,4,8,13H2,1-3H3/t9-/m0/s1. The molecule has 1 rings (SSSR count). The Labute approximate surface area is 91.2 Å². The third-order valence-corrected chi connectivity index (χ3v) is 2.37. The van der Waals surface area contributed by atoms with Crippen LogP contribution in [0.25, 0.3) is 0 Å². The highest BCUT2D eigenvalue weighted by Crippen LogP contribution is 2.29. The molecule has 0 unspecified atom stereocenters. The average molecular weight is 209 g/mol. The summed E-state index contributed by atoms with van der Waals surface area (Å²) >= 11 is 0. The number of ether oxygens (including phenoxy) is 2. The van der Waals surface area contributed by atoms with Gasteiger partial charge < -0.3 is 15.2 Å². The fourth-order valence-electron chi connectivity index (χ4n) is 1.24. The van der Waals surface area contributed by atoms with E-state index in [1.54, 1.807) is 7.11 Å². The highest BCUT2D eigenvalue weighted by Gasteiger charge is 2.08. The van der Waals surface area contributed by atoms with E-state index in [1.165, 1.54) is 0 Å². The molecule has 3 nitrogen and oxygen atoms in total.